The number of aryl methyl sites for hydroxylation is 1. The summed E-state index contributed by atoms with van der Waals surface area (Å²) in [5.74, 6) is 0. The Morgan fingerprint density at radius 2 is 2.05 bits per heavy atom. The van der Waals surface area contributed by atoms with Gasteiger partial charge in [-0.3, -0.25) is 0 Å². The minimum atomic E-state index is 0.481. The molecule has 1 aromatic carbocycles. The zero-order valence-corrected chi connectivity index (χ0v) is 13.4. The van der Waals surface area contributed by atoms with E-state index < -0.39 is 0 Å². The van der Waals surface area contributed by atoms with Gasteiger partial charge in [-0.15, -0.1) is 0 Å². The summed E-state index contributed by atoms with van der Waals surface area (Å²) in [4.78, 5) is 2.38. The highest BCUT2D eigenvalue weighted by molar-refractivity contribution is 6.35. The molecule has 0 saturated carbocycles. The van der Waals surface area contributed by atoms with Gasteiger partial charge in [0.1, 0.15) is 0 Å². The van der Waals surface area contributed by atoms with Crippen molar-refractivity contribution in [2.24, 2.45) is 0 Å². The van der Waals surface area contributed by atoms with Crippen LogP contribution in [0.25, 0.3) is 0 Å². The first-order valence-electron chi connectivity index (χ1n) is 6.98. The van der Waals surface area contributed by atoms with E-state index in [-0.39, 0.29) is 0 Å². The molecule has 1 saturated heterocycles. The lowest BCUT2D eigenvalue weighted by Gasteiger charge is -2.40. The Kier molecular flexibility index (Phi) is 4.99. The van der Waals surface area contributed by atoms with Crippen molar-refractivity contribution in [1.29, 1.82) is 0 Å². The van der Waals surface area contributed by atoms with Crippen molar-refractivity contribution in [1.82, 2.24) is 5.32 Å². The van der Waals surface area contributed by atoms with Gasteiger partial charge in [0.25, 0.3) is 0 Å². The third-order valence-electron chi connectivity index (χ3n) is 3.91. The summed E-state index contributed by atoms with van der Waals surface area (Å²) in [6.07, 6.45) is 2.30. The second-order valence-corrected chi connectivity index (χ2v) is 6.19. The molecule has 1 aliphatic heterocycles. The Hall–Kier alpha value is -0.440. The normalized spacial score (nSPS) is 23.7. The zero-order valence-electron chi connectivity index (χ0n) is 11.8. The monoisotopic (exact) mass is 300 g/mol. The average molecular weight is 301 g/mol. The smallest absolute Gasteiger partial charge is 0.0643 e. The lowest BCUT2D eigenvalue weighted by molar-refractivity contribution is 0.374. The topological polar surface area (TPSA) is 15.3 Å². The highest BCUT2D eigenvalue weighted by Crippen LogP contribution is 2.35. The average Bonchev–Trinajstić information content (AvgIpc) is 2.35. The summed E-state index contributed by atoms with van der Waals surface area (Å²) in [7, 11) is 0. The van der Waals surface area contributed by atoms with Crippen molar-refractivity contribution in [3.8, 4) is 0 Å². The number of nitrogens with zero attached hydrogens (tertiary/aromatic N) is 1. The van der Waals surface area contributed by atoms with Gasteiger partial charge in [0, 0.05) is 23.7 Å². The fourth-order valence-electron chi connectivity index (χ4n) is 2.86. The molecule has 2 unspecified atom stereocenters. The van der Waals surface area contributed by atoms with Crippen LogP contribution in [0, 0.1) is 6.92 Å². The highest BCUT2D eigenvalue weighted by atomic mass is 35.5. The van der Waals surface area contributed by atoms with E-state index in [1.165, 1.54) is 0 Å². The number of rotatable bonds is 3. The Morgan fingerprint density at radius 1 is 1.32 bits per heavy atom. The van der Waals surface area contributed by atoms with Crippen LogP contribution < -0.4 is 10.2 Å². The molecule has 2 atom stereocenters. The number of hydrogen-bond acceptors (Lipinski definition) is 2. The minimum Gasteiger partial charge on any atom is -0.367 e. The third kappa shape index (κ3) is 3.36. The van der Waals surface area contributed by atoms with E-state index in [0.717, 1.165) is 47.2 Å². The predicted molar refractivity (Wildman–Crippen MR) is 84.7 cm³/mol. The SMILES string of the molecule is CCNC1CCN(c2cc(Cl)c(C)cc2Cl)C(C)C1. The number of nitrogens with one attached hydrogen (secondary N) is 1. The zero-order chi connectivity index (χ0) is 14.0. The first-order chi connectivity index (χ1) is 9.02. The molecular weight excluding hydrogens is 279 g/mol. The highest BCUT2D eigenvalue weighted by Gasteiger charge is 2.26. The van der Waals surface area contributed by atoms with E-state index in [2.05, 4.69) is 24.1 Å². The molecule has 0 aromatic heterocycles. The van der Waals surface area contributed by atoms with Gasteiger partial charge in [-0.1, -0.05) is 30.1 Å². The summed E-state index contributed by atoms with van der Waals surface area (Å²) >= 11 is 12.6. The second kappa shape index (κ2) is 6.34. The second-order valence-electron chi connectivity index (χ2n) is 5.37. The van der Waals surface area contributed by atoms with E-state index in [1.807, 2.05) is 19.1 Å². The van der Waals surface area contributed by atoms with Gasteiger partial charge < -0.3 is 10.2 Å². The van der Waals surface area contributed by atoms with Crippen LogP contribution in [0.2, 0.25) is 10.0 Å². The summed E-state index contributed by atoms with van der Waals surface area (Å²) < 4.78 is 0. The van der Waals surface area contributed by atoms with Crippen molar-refractivity contribution in [3.63, 3.8) is 0 Å². The molecular formula is C15H22Cl2N2. The van der Waals surface area contributed by atoms with E-state index in [1.54, 1.807) is 0 Å². The molecule has 0 amide bonds. The molecule has 1 heterocycles. The molecule has 1 aliphatic rings. The van der Waals surface area contributed by atoms with E-state index in [4.69, 9.17) is 23.2 Å². The number of piperidine rings is 1. The van der Waals surface area contributed by atoms with Gasteiger partial charge in [0.2, 0.25) is 0 Å². The Morgan fingerprint density at radius 3 is 2.68 bits per heavy atom. The molecule has 0 aliphatic carbocycles. The molecule has 19 heavy (non-hydrogen) atoms. The molecule has 2 rings (SSSR count). The molecule has 1 fully saturated rings. The van der Waals surface area contributed by atoms with Crippen LogP contribution in [0.1, 0.15) is 32.3 Å². The van der Waals surface area contributed by atoms with Crippen molar-refractivity contribution in [2.75, 3.05) is 18.0 Å². The molecule has 2 nitrogen and oxygen atoms in total. The fraction of sp³-hybridized carbons (Fsp3) is 0.600. The minimum absolute atomic E-state index is 0.481. The fourth-order valence-corrected chi connectivity index (χ4v) is 3.34. The van der Waals surface area contributed by atoms with Crippen molar-refractivity contribution in [2.45, 2.75) is 45.7 Å². The van der Waals surface area contributed by atoms with Crippen molar-refractivity contribution >= 4 is 28.9 Å². The van der Waals surface area contributed by atoms with Crippen LogP contribution >= 0.6 is 23.2 Å². The van der Waals surface area contributed by atoms with Gasteiger partial charge >= 0.3 is 0 Å². The van der Waals surface area contributed by atoms with Crippen molar-refractivity contribution < 1.29 is 0 Å². The molecule has 0 bridgehead atoms. The quantitative estimate of drug-likeness (QED) is 0.897. The molecule has 0 radical (unpaired) electrons. The number of benzene rings is 1. The number of halogens is 2. The predicted octanol–water partition coefficient (Wildman–Crippen LogP) is 4.27. The molecule has 1 N–H and O–H groups in total. The van der Waals surface area contributed by atoms with E-state index in [0.29, 0.717) is 12.1 Å². The van der Waals surface area contributed by atoms with Crippen LogP contribution in [-0.2, 0) is 0 Å². The molecule has 0 spiro atoms. The first-order valence-corrected chi connectivity index (χ1v) is 7.74. The van der Waals surface area contributed by atoms with Crippen LogP contribution in [0.4, 0.5) is 5.69 Å². The van der Waals surface area contributed by atoms with Crippen LogP contribution in [0.5, 0.6) is 0 Å². The van der Waals surface area contributed by atoms with Crippen molar-refractivity contribution in [3.05, 3.63) is 27.7 Å². The number of hydrogen-bond donors (Lipinski definition) is 1. The summed E-state index contributed by atoms with van der Waals surface area (Å²) in [6, 6.07) is 5.07. The third-order valence-corrected chi connectivity index (χ3v) is 4.62. The van der Waals surface area contributed by atoms with E-state index in [9.17, 15) is 0 Å². The lowest BCUT2D eigenvalue weighted by Crippen LogP contribution is -2.47. The molecule has 1 aromatic rings. The van der Waals surface area contributed by atoms with Crippen LogP contribution in [-0.4, -0.2) is 25.2 Å². The Labute approximate surface area is 126 Å². The first kappa shape index (κ1) is 15.0. The largest absolute Gasteiger partial charge is 0.367 e. The Balaban J connectivity index is 2.17. The van der Waals surface area contributed by atoms with Gasteiger partial charge in [0.15, 0.2) is 0 Å². The molecule has 106 valence electrons. The molecule has 4 heteroatoms. The van der Waals surface area contributed by atoms with Crippen LogP contribution in [0.15, 0.2) is 12.1 Å². The summed E-state index contributed by atoms with van der Waals surface area (Å²) in [5.41, 5.74) is 2.10. The maximum atomic E-state index is 6.38. The van der Waals surface area contributed by atoms with Crippen LogP contribution in [0.3, 0.4) is 0 Å². The summed E-state index contributed by atoms with van der Waals surface area (Å²) in [5, 5.41) is 5.13. The van der Waals surface area contributed by atoms with Gasteiger partial charge in [-0.2, -0.15) is 0 Å². The van der Waals surface area contributed by atoms with Gasteiger partial charge in [-0.25, -0.2) is 0 Å². The van der Waals surface area contributed by atoms with Gasteiger partial charge in [-0.05, 0) is 50.9 Å². The maximum Gasteiger partial charge on any atom is 0.0643 e. The van der Waals surface area contributed by atoms with Gasteiger partial charge in [0.05, 0.1) is 10.7 Å². The standard InChI is InChI=1S/C15H22Cl2N2/c1-4-18-12-5-6-19(11(3)8-12)15-9-13(16)10(2)7-14(15)17/h7,9,11-12,18H,4-6,8H2,1-3H3. The van der Waals surface area contributed by atoms with E-state index >= 15 is 0 Å². The number of anilines is 1. The lowest BCUT2D eigenvalue weighted by atomic mass is 9.97. The maximum absolute atomic E-state index is 6.38. The Bertz CT molecular complexity index is 448. The summed E-state index contributed by atoms with van der Waals surface area (Å²) in [6.45, 7) is 8.46.